The van der Waals surface area contributed by atoms with Gasteiger partial charge in [0.15, 0.2) is 0 Å². The molecule has 4 aromatic rings. The summed E-state index contributed by atoms with van der Waals surface area (Å²) in [6.07, 6.45) is -6.58. The largest absolute Gasteiger partial charge is 0.481 e. The predicted molar refractivity (Wildman–Crippen MR) is 253 cm³/mol. The molecule has 2 aliphatic heterocycles. The minimum atomic E-state index is -4.92. The molecule has 380 valence electrons. The molecule has 2 N–H and O–H groups in total. The van der Waals surface area contributed by atoms with Crippen LogP contribution in [0.2, 0.25) is 0 Å². The van der Waals surface area contributed by atoms with Gasteiger partial charge in [-0.3, -0.25) is 29.0 Å². The molecular formula is C54H56F4N4O10. The highest BCUT2D eigenvalue weighted by Gasteiger charge is 2.56. The number of anilines is 2. The summed E-state index contributed by atoms with van der Waals surface area (Å²) in [5.74, 6) is -4.66. The minimum absolute atomic E-state index is 0.149. The number of amides is 4. The molecule has 4 aromatic carbocycles. The summed E-state index contributed by atoms with van der Waals surface area (Å²) >= 11 is 0. The monoisotopic (exact) mass is 996 g/mol. The van der Waals surface area contributed by atoms with E-state index >= 15 is 4.39 Å². The van der Waals surface area contributed by atoms with Crippen molar-refractivity contribution in [3.63, 3.8) is 0 Å². The van der Waals surface area contributed by atoms with Crippen molar-refractivity contribution in [3.8, 4) is 0 Å². The molecule has 18 heteroatoms. The van der Waals surface area contributed by atoms with Crippen molar-refractivity contribution in [1.82, 2.24) is 9.80 Å². The van der Waals surface area contributed by atoms with Crippen LogP contribution in [-0.4, -0.2) is 86.8 Å². The van der Waals surface area contributed by atoms with Crippen molar-refractivity contribution in [3.05, 3.63) is 131 Å². The fraction of sp³-hybridized carbons (Fsp3) is 0.444. The number of halogens is 4. The van der Waals surface area contributed by atoms with Crippen LogP contribution in [-0.2, 0) is 35.3 Å². The van der Waals surface area contributed by atoms with Gasteiger partial charge in [0.2, 0.25) is 17.9 Å². The summed E-state index contributed by atoms with van der Waals surface area (Å²) in [6, 6.07) is 22.5. The summed E-state index contributed by atoms with van der Waals surface area (Å²) in [6.45, 7) is 1.89. The molecule has 0 spiro atoms. The first-order valence-corrected chi connectivity index (χ1v) is 24.6. The van der Waals surface area contributed by atoms with Gasteiger partial charge in [-0.2, -0.15) is 13.2 Å². The van der Waals surface area contributed by atoms with Crippen molar-refractivity contribution in [2.24, 2.45) is 11.8 Å². The molecule has 3 aliphatic carbocycles. The Morgan fingerprint density at radius 1 is 0.694 bits per heavy atom. The number of para-hydroxylation sites is 2. The number of aliphatic carboxylic acids is 2. The van der Waals surface area contributed by atoms with Crippen molar-refractivity contribution in [2.75, 3.05) is 16.3 Å². The van der Waals surface area contributed by atoms with E-state index in [4.69, 9.17) is 9.47 Å². The van der Waals surface area contributed by atoms with Crippen molar-refractivity contribution in [1.29, 1.82) is 0 Å². The number of alkyl halides is 3. The Kier molecular flexibility index (Phi) is 14.3. The lowest BCUT2D eigenvalue weighted by molar-refractivity contribution is -0.206. The molecule has 0 radical (unpaired) electrons. The van der Waals surface area contributed by atoms with Crippen LogP contribution in [0, 0.1) is 17.7 Å². The number of hydrogen-bond donors (Lipinski definition) is 2. The van der Waals surface area contributed by atoms with E-state index in [1.165, 1.54) is 41.3 Å². The molecule has 9 rings (SSSR count). The third kappa shape index (κ3) is 9.96. The number of carbonyl (C=O) groups excluding carboxylic acids is 4. The maximum Gasteiger partial charge on any atom is 0.429 e. The molecule has 0 saturated heterocycles. The first-order valence-electron chi connectivity index (χ1n) is 24.6. The lowest BCUT2D eigenvalue weighted by Gasteiger charge is -2.47. The third-order valence-corrected chi connectivity index (χ3v) is 15.2. The number of nitrogens with zero attached hydrogens (tertiary/aromatic N) is 4. The number of benzene rings is 4. The number of fused-ring (bicyclic) bond motifs is 4. The van der Waals surface area contributed by atoms with E-state index in [-0.39, 0.29) is 61.0 Å². The number of ether oxygens (including phenoxy) is 2. The smallest absolute Gasteiger partial charge is 0.429 e. The maximum absolute atomic E-state index is 15.7. The van der Waals surface area contributed by atoms with E-state index in [9.17, 15) is 52.2 Å². The van der Waals surface area contributed by atoms with Crippen molar-refractivity contribution >= 4 is 47.3 Å². The van der Waals surface area contributed by atoms with Gasteiger partial charge in [0, 0.05) is 60.8 Å². The zero-order chi connectivity index (χ0) is 51.0. The molecular weight excluding hydrogens is 941 g/mol. The number of carbonyl (C=O) groups is 6. The molecule has 9 unspecified atom stereocenters. The zero-order valence-electron chi connectivity index (χ0n) is 39.6. The summed E-state index contributed by atoms with van der Waals surface area (Å²) in [5.41, 5.74) is 2.70. The number of hydrogen-bond acceptors (Lipinski definition) is 8. The fourth-order valence-corrected chi connectivity index (χ4v) is 12.2. The quantitative estimate of drug-likeness (QED) is 0.109. The van der Waals surface area contributed by atoms with Gasteiger partial charge in [-0.05, 0) is 85.5 Å². The Balaban J connectivity index is 0.967. The summed E-state index contributed by atoms with van der Waals surface area (Å²) < 4.78 is 70.5. The van der Waals surface area contributed by atoms with Gasteiger partial charge in [0.1, 0.15) is 12.4 Å². The molecule has 14 nitrogen and oxygen atoms in total. The molecule has 9 atom stereocenters. The molecule has 4 amide bonds. The first kappa shape index (κ1) is 50.0. The lowest BCUT2D eigenvalue weighted by Crippen LogP contribution is -2.53. The third-order valence-electron chi connectivity index (χ3n) is 15.2. The average molecular weight is 997 g/mol. The van der Waals surface area contributed by atoms with E-state index in [2.05, 4.69) is 0 Å². The van der Waals surface area contributed by atoms with Crippen LogP contribution in [0.5, 0.6) is 0 Å². The molecule has 5 aliphatic rings. The van der Waals surface area contributed by atoms with Gasteiger partial charge in [-0.1, -0.05) is 85.6 Å². The molecule has 72 heavy (non-hydrogen) atoms. The SMILES string of the molecule is CCN(C(=O)CCC(=O)O)C1c2ccccc2N(C(=O)OCc2cc(F)cc(C3CC3N(C(=O)CCC(=O)O)C3c4ccccc4N(C(=O)OC(c4ccccc4)C(F)(F)F)C4CCCC43)c2)C2CCCC12. The number of carboxylic acids is 2. The van der Waals surface area contributed by atoms with Crippen molar-refractivity contribution < 1.29 is 66.0 Å². The second-order valence-electron chi connectivity index (χ2n) is 19.4. The van der Waals surface area contributed by atoms with Gasteiger partial charge in [0.05, 0.1) is 36.3 Å². The highest BCUT2D eigenvalue weighted by Crippen LogP contribution is 2.57. The zero-order valence-corrected chi connectivity index (χ0v) is 39.6. The second kappa shape index (κ2) is 20.6. The Bertz CT molecular complexity index is 2720. The molecule has 0 aromatic heterocycles. The summed E-state index contributed by atoms with van der Waals surface area (Å²) in [4.78, 5) is 85.8. The average Bonchev–Trinajstić information content (AvgIpc) is 3.71. The highest BCUT2D eigenvalue weighted by molar-refractivity contribution is 5.92. The van der Waals surface area contributed by atoms with Crippen LogP contribution >= 0.6 is 0 Å². The Hall–Kier alpha value is -6.98. The summed E-state index contributed by atoms with van der Waals surface area (Å²) in [7, 11) is 0. The van der Waals surface area contributed by atoms with Crippen LogP contribution in [0.15, 0.2) is 97.1 Å². The van der Waals surface area contributed by atoms with Crippen LogP contribution in [0.4, 0.5) is 38.5 Å². The van der Waals surface area contributed by atoms with E-state index in [0.717, 1.165) is 18.4 Å². The van der Waals surface area contributed by atoms with Gasteiger partial charge < -0.3 is 29.5 Å². The Morgan fingerprint density at radius 3 is 1.85 bits per heavy atom. The van der Waals surface area contributed by atoms with E-state index < -0.39 is 84.5 Å². The van der Waals surface area contributed by atoms with Crippen LogP contribution in [0.25, 0.3) is 0 Å². The topological polar surface area (TPSA) is 174 Å². The van der Waals surface area contributed by atoms with Crippen LogP contribution < -0.4 is 9.80 Å². The van der Waals surface area contributed by atoms with Gasteiger partial charge >= 0.3 is 30.3 Å². The van der Waals surface area contributed by atoms with Crippen LogP contribution in [0.1, 0.15) is 129 Å². The van der Waals surface area contributed by atoms with Gasteiger partial charge in [0.25, 0.3) is 0 Å². The van der Waals surface area contributed by atoms with E-state index in [1.807, 2.05) is 19.1 Å². The predicted octanol–water partition coefficient (Wildman–Crippen LogP) is 10.6. The Morgan fingerprint density at radius 2 is 1.25 bits per heavy atom. The summed E-state index contributed by atoms with van der Waals surface area (Å²) in [5, 5.41) is 18.9. The standard InChI is InChI=1S/C54H56F4N4O10/c1-2-59(45(63)22-24-47(65)66)49-35-14-6-8-18-40(35)60(42-20-10-16-36(42)49)52(69)71-30-31-26-33(28-34(55)27-31)39-29-44(39)62(46(64)23-25-48(67)68)50-37-15-7-9-19-41(37)61(43-21-11-17-38(43)50)53(70)72-51(54(56,57)58)32-12-4-3-5-13-32/h3-9,12-15,18-19,26-28,36,38-39,42-44,49-51H,2,10-11,16-17,20-25,29-30H2,1H3,(H,65,66)(H,67,68). The maximum atomic E-state index is 15.7. The molecule has 3 saturated carbocycles. The number of rotatable bonds is 15. The number of carboxylic acid groups (broad SMARTS) is 2. The highest BCUT2D eigenvalue weighted by atomic mass is 19.4. The lowest BCUT2D eigenvalue weighted by atomic mass is 9.81. The molecule has 2 heterocycles. The first-order chi connectivity index (χ1) is 34.5. The van der Waals surface area contributed by atoms with Crippen molar-refractivity contribution in [2.45, 2.75) is 133 Å². The van der Waals surface area contributed by atoms with E-state index in [1.54, 1.807) is 63.2 Å². The van der Waals surface area contributed by atoms with Gasteiger partial charge in [-0.15, -0.1) is 0 Å². The van der Waals surface area contributed by atoms with Crippen LogP contribution in [0.3, 0.4) is 0 Å². The minimum Gasteiger partial charge on any atom is -0.481 e. The second-order valence-corrected chi connectivity index (χ2v) is 19.4. The Labute approximate surface area is 413 Å². The molecule has 0 bridgehead atoms. The van der Waals surface area contributed by atoms with Gasteiger partial charge in [-0.25, -0.2) is 14.0 Å². The molecule has 3 fully saturated rings. The fourth-order valence-electron chi connectivity index (χ4n) is 12.2. The normalized spacial score (nSPS) is 24.2. The van der Waals surface area contributed by atoms with E-state index in [0.29, 0.717) is 61.0 Å².